The number of aromatic nitrogens is 4. The van der Waals surface area contributed by atoms with Crippen molar-refractivity contribution in [3.63, 3.8) is 0 Å². The van der Waals surface area contributed by atoms with Crippen LogP contribution in [0.4, 0.5) is 0 Å². The maximum absolute atomic E-state index is 12.1. The molecule has 0 fully saturated rings. The minimum atomic E-state index is -0.467. The number of benzene rings is 1. The zero-order chi connectivity index (χ0) is 22.9. The van der Waals surface area contributed by atoms with Crippen molar-refractivity contribution in [2.45, 2.75) is 39.2 Å². The van der Waals surface area contributed by atoms with E-state index < -0.39 is 5.56 Å². The summed E-state index contributed by atoms with van der Waals surface area (Å²) in [6.45, 7) is 3.26. The van der Waals surface area contributed by atoms with Crippen LogP contribution in [0.25, 0.3) is 11.4 Å². The Morgan fingerprint density at radius 3 is 2.81 bits per heavy atom. The van der Waals surface area contributed by atoms with Crippen LogP contribution in [0.3, 0.4) is 0 Å². The predicted molar refractivity (Wildman–Crippen MR) is 124 cm³/mol. The molecule has 0 aliphatic heterocycles. The molecule has 2 heterocycles. The Hall–Kier alpha value is -3.11. The van der Waals surface area contributed by atoms with Crippen LogP contribution in [0, 0.1) is 11.7 Å². The van der Waals surface area contributed by atoms with Crippen molar-refractivity contribution in [2.75, 3.05) is 20.3 Å². The van der Waals surface area contributed by atoms with Gasteiger partial charge in [-0.1, -0.05) is 41.4 Å². The van der Waals surface area contributed by atoms with Gasteiger partial charge >= 0.3 is 0 Å². The number of unbranched alkanes of at least 4 members (excludes halogenated alkanes) is 2. The highest BCUT2D eigenvalue weighted by Crippen LogP contribution is 2.17. The molecule has 9 nitrogen and oxygen atoms in total. The van der Waals surface area contributed by atoms with E-state index in [1.165, 1.54) is 16.3 Å². The third-order valence-corrected chi connectivity index (χ3v) is 5.22. The average molecular weight is 458 g/mol. The molecule has 0 unspecified atom stereocenters. The summed E-state index contributed by atoms with van der Waals surface area (Å²) in [6.07, 6.45) is 4.72. The summed E-state index contributed by atoms with van der Waals surface area (Å²) < 4.78 is 11.9. The molecule has 0 radical (unpaired) electrons. The number of aryl methyl sites for hydroxylation is 2. The number of hydrogen-bond acceptors (Lipinski definition) is 8. The first-order chi connectivity index (χ1) is 15.5. The molecule has 0 saturated carbocycles. The maximum Gasteiger partial charge on any atom is 0.264 e. The van der Waals surface area contributed by atoms with Gasteiger partial charge in [-0.15, -0.1) is 0 Å². The van der Waals surface area contributed by atoms with Gasteiger partial charge in [0.2, 0.25) is 17.6 Å². The van der Waals surface area contributed by atoms with Crippen LogP contribution in [0.1, 0.15) is 36.3 Å². The molecule has 0 aliphatic carbocycles. The van der Waals surface area contributed by atoms with Crippen LogP contribution >= 0.6 is 12.2 Å². The minimum absolute atomic E-state index is 0.0872. The van der Waals surface area contributed by atoms with Crippen LogP contribution in [0.5, 0.6) is 5.88 Å². The molecule has 0 amide bonds. The molecule has 170 valence electrons. The second-order valence-corrected chi connectivity index (χ2v) is 7.75. The number of H-pyrrole nitrogens is 1. The van der Waals surface area contributed by atoms with E-state index >= 15 is 0 Å². The molecule has 3 rings (SSSR count). The summed E-state index contributed by atoms with van der Waals surface area (Å²) in [5.41, 5.74) is 1.74. The normalized spacial score (nSPS) is 11.4. The van der Waals surface area contributed by atoms with E-state index in [0.717, 1.165) is 24.8 Å². The number of aliphatic imine (C=N–C) groups is 1. The van der Waals surface area contributed by atoms with Gasteiger partial charge in [0, 0.05) is 31.9 Å². The largest absolute Gasteiger partial charge is 0.494 e. The number of hydrogen-bond donors (Lipinski definition) is 2. The Kier molecular flexibility index (Phi) is 8.46. The van der Waals surface area contributed by atoms with Crippen molar-refractivity contribution in [2.24, 2.45) is 4.99 Å². The lowest BCUT2D eigenvalue weighted by Gasteiger charge is -2.10. The SMILES string of the molecule is COCCn1c(O)c(C=NCCCCCc2nc(-c3ccc(C)cc3)no2)c(=O)[nH]c1=S. The monoisotopic (exact) mass is 457 g/mol. The minimum Gasteiger partial charge on any atom is -0.494 e. The fourth-order valence-electron chi connectivity index (χ4n) is 3.07. The Balaban J connectivity index is 1.46. The Morgan fingerprint density at radius 2 is 2.06 bits per heavy atom. The van der Waals surface area contributed by atoms with Gasteiger partial charge in [-0.3, -0.25) is 19.3 Å². The maximum atomic E-state index is 12.1. The van der Waals surface area contributed by atoms with Crippen molar-refractivity contribution in [3.8, 4) is 17.3 Å². The molecular weight excluding hydrogens is 430 g/mol. The topological polar surface area (TPSA) is 119 Å². The first-order valence-electron chi connectivity index (χ1n) is 10.4. The van der Waals surface area contributed by atoms with Gasteiger partial charge < -0.3 is 14.4 Å². The Morgan fingerprint density at radius 1 is 1.28 bits per heavy atom. The standard InChI is InChI=1S/C22H27N5O4S/c1-15-7-9-16(10-8-15)19-24-18(31-26-19)6-4-3-5-11-23-14-17-20(28)25-22(32)27(21(17)29)12-13-30-2/h7-10,14,29H,3-6,11-13H2,1-2H3,(H,25,28,32). The zero-order valence-corrected chi connectivity index (χ0v) is 19.0. The summed E-state index contributed by atoms with van der Waals surface area (Å²) in [6, 6.07) is 7.99. The Bertz CT molecular complexity index is 1160. The first-order valence-corrected chi connectivity index (χ1v) is 10.8. The number of aromatic hydroxyl groups is 1. The second kappa shape index (κ2) is 11.5. The van der Waals surface area contributed by atoms with Crippen molar-refractivity contribution in [3.05, 3.63) is 56.4 Å². The van der Waals surface area contributed by atoms with Crippen molar-refractivity contribution in [1.82, 2.24) is 19.7 Å². The number of rotatable bonds is 11. The fraction of sp³-hybridized carbons (Fsp3) is 0.409. The van der Waals surface area contributed by atoms with Gasteiger partial charge in [0.1, 0.15) is 5.56 Å². The lowest BCUT2D eigenvalue weighted by atomic mass is 10.1. The summed E-state index contributed by atoms with van der Waals surface area (Å²) >= 11 is 5.09. The van der Waals surface area contributed by atoms with Crippen LogP contribution < -0.4 is 5.56 Å². The molecule has 1 aromatic carbocycles. The van der Waals surface area contributed by atoms with E-state index in [9.17, 15) is 9.90 Å². The molecule has 32 heavy (non-hydrogen) atoms. The summed E-state index contributed by atoms with van der Waals surface area (Å²) in [5.74, 6) is 1.01. The van der Waals surface area contributed by atoms with Crippen LogP contribution in [-0.4, -0.2) is 51.3 Å². The lowest BCUT2D eigenvalue weighted by molar-refractivity contribution is 0.182. The zero-order valence-electron chi connectivity index (χ0n) is 18.2. The highest BCUT2D eigenvalue weighted by Gasteiger charge is 2.11. The van der Waals surface area contributed by atoms with E-state index in [1.54, 1.807) is 7.11 Å². The van der Waals surface area contributed by atoms with E-state index in [4.69, 9.17) is 21.5 Å². The predicted octanol–water partition coefficient (Wildman–Crippen LogP) is 3.45. The molecule has 0 saturated heterocycles. The summed E-state index contributed by atoms with van der Waals surface area (Å²) in [7, 11) is 1.55. The van der Waals surface area contributed by atoms with Gasteiger partial charge in [-0.25, -0.2) is 0 Å². The number of nitrogens with one attached hydrogen (secondary N) is 1. The Labute approximate surface area is 190 Å². The third kappa shape index (κ3) is 6.21. The van der Waals surface area contributed by atoms with Crippen molar-refractivity contribution < 1.29 is 14.4 Å². The molecule has 0 bridgehead atoms. The van der Waals surface area contributed by atoms with Crippen LogP contribution in [0.2, 0.25) is 0 Å². The van der Waals surface area contributed by atoms with E-state index in [-0.39, 0.29) is 16.2 Å². The highest BCUT2D eigenvalue weighted by molar-refractivity contribution is 7.71. The summed E-state index contributed by atoms with van der Waals surface area (Å²) in [5, 5.41) is 14.4. The molecular formula is C22H27N5O4S. The van der Waals surface area contributed by atoms with Crippen LogP contribution in [0.15, 0.2) is 38.6 Å². The van der Waals surface area contributed by atoms with E-state index in [2.05, 4.69) is 20.1 Å². The molecule has 0 aliphatic rings. The molecule has 2 N–H and O–H groups in total. The second-order valence-electron chi connectivity index (χ2n) is 7.36. The fourth-order valence-corrected chi connectivity index (χ4v) is 3.34. The third-order valence-electron chi connectivity index (χ3n) is 4.90. The average Bonchev–Trinajstić information content (AvgIpc) is 3.24. The van der Waals surface area contributed by atoms with Gasteiger partial charge in [-0.2, -0.15) is 4.98 Å². The molecule has 3 aromatic rings. The summed E-state index contributed by atoms with van der Waals surface area (Å²) in [4.78, 5) is 23.4. The van der Waals surface area contributed by atoms with E-state index in [1.807, 2.05) is 31.2 Å². The highest BCUT2D eigenvalue weighted by atomic mass is 32.1. The molecule has 0 atom stereocenters. The van der Waals surface area contributed by atoms with Crippen molar-refractivity contribution in [1.29, 1.82) is 0 Å². The molecule has 10 heteroatoms. The van der Waals surface area contributed by atoms with Gasteiger partial charge in [0.25, 0.3) is 5.56 Å². The first kappa shape index (κ1) is 23.6. The number of aromatic amines is 1. The smallest absolute Gasteiger partial charge is 0.264 e. The van der Waals surface area contributed by atoms with E-state index in [0.29, 0.717) is 37.8 Å². The van der Waals surface area contributed by atoms with Gasteiger partial charge in [0.15, 0.2) is 4.77 Å². The van der Waals surface area contributed by atoms with Crippen molar-refractivity contribution >= 4 is 18.4 Å². The van der Waals surface area contributed by atoms with Gasteiger partial charge in [0.05, 0.1) is 13.2 Å². The molecule has 2 aromatic heterocycles. The number of nitrogens with zero attached hydrogens (tertiary/aromatic N) is 4. The van der Waals surface area contributed by atoms with Crippen LogP contribution in [-0.2, 0) is 17.7 Å². The lowest BCUT2D eigenvalue weighted by Crippen LogP contribution is -2.20. The molecule has 0 spiro atoms. The van der Waals surface area contributed by atoms with Gasteiger partial charge in [-0.05, 0) is 32.0 Å². The number of ether oxygens (including phenoxy) is 1. The number of methoxy groups -OCH3 is 1. The quantitative estimate of drug-likeness (QED) is 0.257.